The second-order valence-electron chi connectivity index (χ2n) is 4.65. The molecule has 0 amide bonds. The number of Topliss-reactive ketones (excluding diaryl/α,β-unsaturated/α-hetero) is 1. The Bertz CT molecular complexity index is 818. The number of alkyl halides is 2. The number of carbonyl (C=O) groups excluding carboxylic acids is 1. The van der Waals surface area contributed by atoms with E-state index in [2.05, 4.69) is 9.72 Å². The first-order chi connectivity index (χ1) is 11.1. The van der Waals surface area contributed by atoms with Crippen molar-refractivity contribution < 1.29 is 18.3 Å². The zero-order valence-electron chi connectivity index (χ0n) is 11.9. The molecule has 0 aliphatic carbocycles. The van der Waals surface area contributed by atoms with Gasteiger partial charge in [-0.3, -0.25) is 9.20 Å². The largest absolute Gasteiger partial charge is 0.435 e. The van der Waals surface area contributed by atoms with Gasteiger partial charge in [-0.1, -0.05) is 17.8 Å². The molecule has 0 unspecified atom stereocenters. The molecule has 3 rings (SSSR count). The molecule has 0 radical (unpaired) electrons. The molecule has 2 heterocycles. The molecular weight excluding hydrogens is 322 g/mol. The van der Waals surface area contributed by atoms with Gasteiger partial charge in [-0.2, -0.15) is 8.78 Å². The highest BCUT2D eigenvalue weighted by molar-refractivity contribution is 7.99. The first kappa shape index (κ1) is 15.5. The molecule has 0 aliphatic rings. The maximum Gasteiger partial charge on any atom is 0.387 e. The molecule has 0 fully saturated rings. The van der Waals surface area contributed by atoms with E-state index in [0.29, 0.717) is 5.56 Å². The topological polar surface area (TPSA) is 43.6 Å². The van der Waals surface area contributed by atoms with Crippen LogP contribution in [0.5, 0.6) is 5.75 Å². The number of halogens is 2. The molecule has 0 aliphatic heterocycles. The molecule has 3 aromatic rings. The van der Waals surface area contributed by atoms with Gasteiger partial charge in [-0.15, -0.1) is 0 Å². The van der Waals surface area contributed by atoms with Crippen LogP contribution in [0.4, 0.5) is 8.78 Å². The molecule has 0 saturated heterocycles. The van der Waals surface area contributed by atoms with Crippen LogP contribution < -0.4 is 4.74 Å². The van der Waals surface area contributed by atoms with Gasteiger partial charge < -0.3 is 4.74 Å². The monoisotopic (exact) mass is 334 g/mol. The number of ether oxygens (including phenoxy) is 1. The predicted octanol–water partition coefficient (Wildman–Crippen LogP) is 3.91. The van der Waals surface area contributed by atoms with Crippen LogP contribution in [0.25, 0.3) is 5.52 Å². The van der Waals surface area contributed by atoms with E-state index in [1.54, 1.807) is 6.20 Å². The summed E-state index contributed by atoms with van der Waals surface area (Å²) in [7, 11) is 0. The summed E-state index contributed by atoms with van der Waals surface area (Å²) in [6, 6.07) is 11.4. The molecule has 7 heteroatoms. The fourth-order valence-electron chi connectivity index (χ4n) is 2.06. The summed E-state index contributed by atoms with van der Waals surface area (Å²) in [5, 5.41) is 0.728. The van der Waals surface area contributed by atoms with Gasteiger partial charge in [0.05, 0.1) is 17.5 Å². The Balaban J connectivity index is 1.65. The normalized spacial score (nSPS) is 11.1. The summed E-state index contributed by atoms with van der Waals surface area (Å²) in [5.41, 5.74) is 1.40. The zero-order valence-corrected chi connectivity index (χ0v) is 12.7. The minimum absolute atomic E-state index is 0.0310. The second kappa shape index (κ2) is 6.78. The molecule has 0 spiro atoms. The molecule has 0 N–H and O–H groups in total. The van der Waals surface area contributed by atoms with Crippen LogP contribution in [0, 0.1) is 0 Å². The first-order valence-corrected chi connectivity index (χ1v) is 7.75. The first-order valence-electron chi connectivity index (χ1n) is 6.76. The molecule has 2 aromatic heterocycles. The van der Waals surface area contributed by atoms with Crippen molar-refractivity contribution in [1.29, 1.82) is 0 Å². The van der Waals surface area contributed by atoms with Gasteiger partial charge in [0.1, 0.15) is 5.75 Å². The third-order valence-corrected chi connectivity index (χ3v) is 4.11. The lowest BCUT2D eigenvalue weighted by molar-refractivity contribution is -0.0498. The number of rotatable bonds is 6. The van der Waals surface area contributed by atoms with Gasteiger partial charge in [-0.05, 0) is 36.4 Å². The number of hydrogen-bond acceptors (Lipinski definition) is 4. The third kappa shape index (κ3) is 3.68. The van der Waals surface area contributed by atoms with Crippen LogP contribution in [-0.4, -0.2) is 27.5 Å². The van der Waals surface area contributed by atoms with E-state index in [1.165, 1.54) is 36.0 Å². The zero-order chi connectivity index (χ0) is 16.2. The Morgan fingerprint density at radius 1 is 1.22 bits per heavy atom. The van der Waals surface area contributed by atoms with Crippen molar-refractivity contribution in [2.24, 2.45) is 0 Å². The molecule has 0 bridgehead atoms. The Kier molecular flexibility index (Phi) is 4.57. The average molecular weight is 334 g/mol. The Morgan fingerprint density at radius 2 is 2.00 bits per heavy atom. The Labute approximate surface area is 135 Å². The number of imidazole rings is 1. The molecule has 0 atom stereocenters. The van der Waals surface area contributed by atoms with Crippen LogP contribution in [0.1, 0.15) is 10.4 Å². The fraction of sp³-hybridized carbons (Fsp3) is 0.125. The third-order valence-electron chi connectivity index (χ3n) is 3.14. The molecule has 1 aromatic carbocycles. The second-order valence-corrected chi connectivity index (χ2v) is 5.59. The lowest BCUT2D eigenvalue weighted by Gasteiger charge is -2.05. The molecule has 23 heavy (non-hydrogen) atoms. The van der Waals surface area contributed by atoms with Crippen molar-refractivity contribution in [2.45, 2.75) is 11.8 Å². The van der Waals surface area contributed by atoms with E-state index in [0.717, 1.165) is 10.7 Å². The summed E-state index contributed by atoms with van der Waals surface area (Å²) < 4.78 is 30.3. The molecule has 118 valence electrons. The van der Waals surface area contributed by atoms with Gasteiger partial charge in [-0.25, -0.2) is 4.98 Å². The van der Waals surface area contributed by atoms with Crippen LogP contribution in [-0.2, 0) is 0 Å². The summed E-state index contributed by atoms with van der Waals surface area (Å²) >= 11 is 1.33. The smallest absolute Gasteiger partial charge is 0.387 e. The highest BCUT2D eigenvalue weighted by Crippen LogP contribution is 2.21. The number of thioether (sulfide) groups is 1. The number of nitrogens with zero attached hydrogens (tertiary/aromatic N) is 2. The van der Waals surface area contributed by atoms with Crippen molar-refractivity contribution in [1.82, 2.24) is 9.38 Å². The van der Waals surface area contributed by atoms with Crippen molar-refractivity contribution in [2.75, 3.05) is 5.75 Å². The minimum Gasteiger partial charge on any atom is -0.435 e. The van der Waals surface area contributed by atoms with Crippen molar-refractivity contribution in [3.8, 4) is 5.75 Å². The van der Waals surface area contributed by atoms with Crippen molar-refractivity contribution in [3.63, 3.8) is 0 Å². The summed E-state index contributed by atoms with van der Waals surface area (Å²) in [6.07, 6.45) is 3.62. The Morgan fingerprint density at radius 3 is 2.74 bits per heavy atom. The number of fused-ring (bicyclic) bond motifs is 1. The van der Waals surface area contributed by atoms with Gasteiger partial charge in [0.15, 0.2) is 10.9 Å². The predicted molar refractivity (Wildman–Crippen MR) is 83.3 cm³/mol. The van der Waals surface area contributed by atoms with Crippen LogP contribution >= 0.6 is 11.8 Å². The number of aromatic nitrogens is 2. The van der Waals surface area contributed by atoms with Gasteiger partial charge >= 0.3 is 6.61 Å². The number of hydrogen-bond donors (Lipinski definition) is 0. The van der Waals surface area contributed by atoms with Crippen LogP contribution in [0.15, 0.2) is 60.0 Å². The summed E-state index contributed by atoms with van der Waals surface area (Å²) in [6.45, 7) is -2.87. The van der Waals surface area contributed by atoms with E-state index in [9.17, 15) is 13.6 Å². The van der Waals surface area contributed by atoms with Crippen molar-refractivity contribution in [3.05, 3.63) is 60.4 Å². The number of pyridine rings is 1. The fourth-order valence-corrected chi connectivity index (χ4v) is 2.92. The number of benzene rings is 1. The highest BCUT2D eigenvalue weighted by atomic mass is 32.2. The van der Waals surface area contributed by atoms with Crippen LogP contribution in [0.2, 0.25) is 0 Å². The number of ketones is 1. The van der Waals surface area contributed by atoms with E-state index >= 15 is 0 Å². The van der Waals surface area contributed by atoms with Gasteiger partial charge in [0, 0.05) is 11.8 Å². The summed E-state index contributed by atoms with van der Waals surface area (Å²) in [5.74, 6) is 0.137. The van der Waals surface area contributed by atoms with Gasteiger partial charge in [0.25, 0.3) is 0 Å². The molecule has 4 nitrogen and oxygen atoms in total. The maximum atomic E-state index is 12.2. The van der Waals surface area contributed by atoms with E-state index in [4.69, 9.17) is 0 Å². The number of carbonyl (C=O) groups is 1. The molecular formula is C16H12F2N2O2S. The van der Waals surface area contributed by atoms with Crippen LogP contribution in [0.3, 0.4) is 0 Å². The Hall–Kier alpha value is -2.41. The lowest BCUT2D eigenvalue weighted by atomic mass is 10.1. The standard InChI is InChI=1S/C16H12F2N2O2S/c17-15(18)22-13-6-4-11(5-7-13)14(21)10-23-16-19-9-12-3-1-2-8-20(12)16/h1-9,15H,10H2. The lowest BCUT2D eigenvalue weighted by Crippen LogP contribution is -2.05. The minimum atomic E-state index is -2.87. The van der Waals surface area contributed by atoms with E-state index < -0.39 is 6.61 Å². The average Bonchev–Trinajstić information content (AvgIpc) is 2.96. The van der Waals surface area contributed by atoms with E-state index in [1.807, 2.05) is 28.8 Å². The van der Waals surface area contributed by atoms with Crippen molar-refractivity contribution >= 4 is 23.1 Å². The van der Waals surface area contributed by atoms with E-state index in [-0.39, 0.29) is 17.3 Å². The maximum absolute atomic E-state index is 12.2. The quantitative estimate of drug-likeness (QED) is 0.506. The highest BCUT2D eigenvalue weighted by Gasteiger charge is 2.11. The SMILES string of the molecule is O=C(CSc1ncc2ccccn12)c1ccc(OC(F)F)cc1. The summed E-state index contributed by atoms with van der Waals surface area (Å²) in [4.78, 5) is 16.4. The molecule has 0 saturated carbocycles. The van der Waals surface area contributed by atoms with Gasteiger partial charge in [0.2, 0.25) is 0 Å².